The summed E-state index contributed by atoms with van der Waals surface area (Å²) in [7, 11) is 0. The molecule has 1 heterocycles. The average molecular weight is 494 g/mol. The molecule has 2 N–H and O–H groups in total. The molecule has 0 bridgehead atoms. The number of likely N-dealkylation sites (tertiary alicyclic amines) is 1. The molecule has 0 aromatic carbocycles. The fraction of sp³-hybridized carbons (Fsp3) is 0.900. The zero-order valence-corrected chi connectivity index (χ0v) is 19.7. The number of ether oxygens (including phenoxy) is 1. The number of nitrogens with zero attached hydrogens (tertiary/aromatic N) is 2. The van der Waals surface area contributed by atoms with Crippen LogP contribution in [0.4, 0.5) is 0 Å². The van der Waals surface area contributed by atoms with Crippen LogP contribution in [-0.4, -0.2) is 62.2 Å². The van der Waals surface area contributed by atoms with Crippen molar-refractivity contribution in [2.45, 2.75) is 71.8 Å². The van der Waals surface area contributed by atoms with E-state index < -0.39 is 0 Å². The highest BCUT2D eigenvalue weighted by Crippen LogP contribution is 2.41. The van der Waals surface area contributed by atoms with Gasteiger partial charge in [0.25, 0.3) is 0 Å². The van der Waals surface area contributed by atoms with Gasteiger partial charge in [0.15, 0.2) is 5.96 Å². The zero-order valence-electron chi connectivity index (χ0n) is 17.4. The highest BCUT2D eigenvalue weighted by atomic mass is 127. The standard InChI is InChI=1S/C20H38N4O2.HI/c1-4-18(25)24-13-9-17(15-24)23-19(21-5-2)22-16-20(10-7-8-11-20)12-14-26-6-3;/h17H,4-16H2,1-3H3,(H2,21,22,23);1H. The summed E-state index contributed by atoms with van der Waals surface area (Å²) in [5.74, 6) is 1.14. The number of carbonyl (C=O) groups is 1. The highest BCUT2D eigenvalue weighted by molar-refractivity contribution is 14.0. The predicted octanol–water partition coefficient (Wildman–Crippen LogP) is 3.16. The summed E-state index contributed by atoms with van der Waals surface area (Å²) in [6, 6.07) is 0.297. The van der Waals surface area contributed by atoms with Gasteiger partial charge in [0.2, 0.25) is 5.91 Å². The predicted molar refractivity (Wildman–Crippen MR) is 122 cm³/mol. The fourth-order valence-corrected chi connectivity index (χ4v) is 4.13. The van der Waals surface area contributed by atoms with E-state index in [1.165, 1.54) is 25.7 Å². The monoisotopic (exact) mass is 494 g/mol. The normalized spacial score (nSPS) is 21.8. The van der Waals surface area contributed by atoms with Gasteiger partial charge in [-0.25, -0.2) is 0 Å². The molecule has 1 saturated heterocycles. The van der Waals surface area contributed by atoms with E-state index in [1.807, 2.05) is 11.8 Å². The molecule has 27 heavy (non-hydrogen) atoms. The van der Waals surface area contributed by atoms with Gasteiger partial charge in [-0.2, -0.15) is 0 Å². The van der Waals surface area contributed by atoms with Crippen molar-refractivity contribution in [1.82, 2.24) is 15.5 Å². The first-order chi connectivity index (χ1) is 12.6. The number of rotatable bonds is 9. The Kier molecular flexibility index (Phi) is 11.6. The van der Waals surface area contributed by atoms with E-state index in [1.54, 1.807) is 0 Å². The molecule has 2 fully saturated rings. The van der Waals surface area contributed by atoms with Gasteiger partial charge in [0.1, 0.15) is 0 Å². The van der Waals surface area contributed by atoms with Crippen LogP contribution in [0, 0.1) is 5.41 Å². The Bertz CT molecular complexity index is 467. The van der Waals surface area contributed by atoms with Crippen LogP contribution in [0.25, 0.3) is 0 Å². The quantitative estimate of drug-likeness (QED) is 0.224. The number of nitrogens with one attached hydrogen (secondary N) is 2. The molecule has 6 nitrogen and oxygen atoms in total. The second-order valence-corrected chi connectivity index (χ2v) is 7.67. The number of carbonyl (C=O) groups excluding carboxylic acids is 1. The first kappa shape index (κ1) is 24.5. The van der Waals surface area contributed by atoms with Gasteiger partial charge in [-0.3, -0.25) is 9.79 Å². The molecule has 1 aliphatic carbocycles. The summed E-state index contributed by atoms with van der Waals surface area (Å²) >= 11 is 0. The lowest BCUT2D eigenvalue weighted by molar-refractivity contribution is -0.129. The van der Waals surface area contributed by atoms with Gasteiger partial charge < -0.3 is 20.3 Å². The fourth-order valence-electron chi connectivity index (χ4n) is 4.13. The lowest BCUT2D eigenvalue weighted by Gasteiger charge is -2.28. The first-order valence-electron chi connectivity index (χ1n) is 10.5. The largest absolute Gasteiger partial charge is 0.382 e. The number of halogens is 1. The van der Waals surface area contributed by atoms with Crippen LogP contribution in [0.5, 0.6) is 0 Å². The van der Waals surface area contributed by atoms with Gasteiger partial charge in [-0.05, 0) is 44.9 Å². The van der Waals surface area contributed by atoms with Crippen LogP contribution in [0.1, 0.15) is 65.7 Å². The number of guanidine groups is 1. The minimum absolute atomic E-state index is 0. The van der Waals surface area contributed by atoms with Crippen LogP contribution in [0.15, 0.2) is 4.99 Å². The first-order valence-corrected chi connectivity index (χ1v) is 10.5. The second-order valence-electron chi connectivity index (χ2n) is 7.67. The molecule has 1 amide bonds. The molecule has 0 aromatic heterocycles. The summed E-state index contributed by atoms with van der Waals surface area (Å²) in [6.45, 7) is 11.1. The molecule has 0 radical (unpaired) electrons. The molecule has 1 atom stereocenters. The summed E-state index contributed by atoms with van der Waals surface area (Å²) < 4.78 is 5.61. The van der Waals surface area contributed by atoms with Crippen molar-refractivity contribution in [1.29, 1.82) is 0 Å². The Morgan fingerprint density at radius 1 is 1.26 bits per heavy atom. The van der Waals surface area contributed by atoms with Crippen molar-refractivity contribution in [3.8, 4) is 0 Å². The Morgan fingerprint density at radius 3 is 2.63 bits per heavy atom. The van der Waals surface area contributed by atoms with Crippen molar-refractivity contribution in [2.24, 2.45) is 10.4 Å². The molecule has 2 aliphatic rings. The summed E-state index contributed by atoms with van der Waals surface area (Å²) in [6.07, 6.45) is 7.81. The van der Waals surface area contributed by atoms with Crippen LogP contribution in [0.2, 0.25) is 0 Å². The summed E-state index contributed by atoms with van der Waals surface area (Å²) in [5, 5.41) is 6.93. The van der Waals surface area contributed by atoms with Crippen LogP contribution in [-0.2, 0) is 9.53 Å². The van der Waals surface area contributed by atoms with E-state index in [0.29, 0.717) is 17.9 Å². The van der Waals surface area contributed by atoms with Gasteiger partial charge in [0.05, 0.1) is 0 Å². The third-order valence-corrected chi connectivity index (χ3v) is 5.75. The Hall–Kier alpha value is -0.570. The van der Waals surface area contributed by atoms with E-state index in [2.05, 4.69) is 24.5 Å². The second kappa shape index (κ2) is 12.8. The maximum Gasteiger partial charge on any atom is 0.222 e. The van der Waals surface area contributed by atoms with Crippen molar-refractivity contribution < 1.29 is 9.53 Å². The van der Waals surface area contributed by atoms with E-state index in [0.717, 1.165) is 58.2 Å². The maximum absolute atomic E-state index is 11.9. The van der Waals surface area contributed by atoms with Crippen LogP contribution >= 0.6 is 24.0 Å². The number of aliphatic imine (C=N–C) groups is 1. The maximum atomic E-state index is 11.9. The lowest BCUT2D eigenvalue weighted by Crippen LogP contribution is -2.45. The Morgan fingerprint density at radius 2 is 2.00 bits per heavy atom. The molecule has 0 spiro atoms. The number of amides is 1. The Balaban J connectivity index is 0.00000364. The van der Waals surface area contributed by atoms with Gasteiger partial charge in [-0.1, -0.05) is 19.8 Å². The van der Waals surface area contributed by atoms with E-state index in [-0.39, 0.29) is 29.9 Å². The molecule has 158 valence electrons. The molecular formula is C20H39IN4O2. The molecule has 7 heteroatoms. The number of hydrogen-bond acceptors (Lipinski definition) is 3. The summed E-state index contributed by atoms with van der Waals surface area (Å²) in [5.41, 5.74) is 0.303. The minimum Gasteiger partial charge on any atom is -0.382 e. The summed E-state index contributed by atoms with van der Waals surface area (Å²) in [4.78, 5) is 18.8. The van der Waals surface area contributed by atoms with Crippen molar-refractivity contribution in [2.75, 3.05) is 39.4 Å². The van der Waals surface area contributed by atoms with Crippen molar-refractivity contribution in [3.63, 3.8) is 0 Å². The van der Waals surface area contributed by atoms with E-state index in [4.69, 9.17) is 9.73 Å². The van der Waals surface area contributed by atoms with Gasteiger partial charge >= 0.3 is 0 Å². The Labute approximate surface area is 182 Å². The smallest absolute Gasteiger partial charge is 0.222 e. The molecular weight excluding hydrogens is 455 g/mol. The SMILES string of the molecule is CCNC(=NCC1(CCOCC)CCCC1)NC1CCN(C(=O)CC)C1.I. The third kappa shape index (κ3) is 7.75. The molecule has 1 unspecified atom stereocenters. The third-order valence-electron chi connectivity index (χ3n) is 5.75. The average Bonchev–Trinajstić information content (AvgIpc) is 3.30. The van der Waals surface area contributed by atoms with Crippen LogP contribution < -0.4 is 10.6 Å². The minimum atomic E-state index is 0. The van der Waals surface area contributed by atoms with E-state index in [9.17, 15) is 4.79 Å². The topological polar surface area (TPSA) is 66.0 Å². The lowest BCUT2D eigenvalue weighted by atomic mass is 9.83. The number of hydrogen-bond donors (Lipinski definition) is 2. The molecule has 1 aliphatic heterocycles. The molecule has 2 rings (SSSR count). The van der Waals surface area contributed by atoms with E-state index >= 15 is 0 Å². The zero-order chi connectivity index (χ0) is 18.8. The van der Waals surface area contributed by atoms with Gasteiger partial charge in [-0.15, -0.1) is 24.0 Å². The van der Waals surface area contributed by atoms with Gasteiger partial charge in [0, 0.05) is 51.9 Å². The van der Waals surface area contributed by atoms with Crippen molar-refractivity contribution in [3.05, 3.63) is 0 Å². The van der Waals surface area contributed by atoms with Crippen LogP contribution in [0.3, 0.4) is 0 Å². The molecule has 0 aromatic rings. The van der Waals surface area contributed by atoms with Crippen molar-refractivity contribution >= 4 is 35.8 Å². The molecule has 1 saturated carbocycles. The highest BCUT2D eigenvalue weighted by Gasteiger charge is 2.33.